The number of para-hydroxylation sites is 1. The Bertz CT molecular complexity index is 966. The minimum atomic E-state index is -1.53. The van der Waals surface area contributed by atoms with Gasteiger partial charge in [0.15, 0.2) is 0 Å². The number of hydrogen-bond donors (Lipinski definition) is 1. The molecular formula is C24H26Cl2N2O3. The first-order chi connectivity index (χ1) is 14.6. The molecule has 1 N–H and O–H groups in total. The van der Waals surface area contributed by atoms with Gasteiger partial charge in [0, 0.05) is 6.04 Å². The number of nitriles is 1. The fraction of sp³-hybridized carbons (Fsp3) is 0.333. The van der Waals surface area contributed by atoms with E-state index in [0.29, 0.717) is 17.1 Å². The van der Waals surface area contributed by atoms with Crippen LogP contribution >= 0.6 is 23.2 Å². The Hall–Kier alpha value is -2.52. The number of halogens is 2. The number of carboxylic acid groups (broad SMARTS) is 1. The Morgan fingerprint density at radius 3 is 2.23 bits per heavy atom. The number of carbonyl (C=O) groups is 1. The van der Waals surface area contributed by atoms with Crippen LogP contribution in [0, 0.1) is 22.7 Å². The van der Waals surface area contributed by atoms with E-state index in [0.717, 1.165) is 0 Å². The molecule has 0 amide bonds. The molecule has 0 spiro atoms. The summed E-state index contributed by atoms with van der Waals surface area (Å²) in [5.74, 6) is -1.37. The van der Waals surface area contributed by atoms with Crippen LogP contribution in [0.1, 0.15) is 25.3 Å². The molecule has 0 aliphatic heterocycles. The van der Waals surface area contributed by atoms with Crippen molar-refractivity contribution in [2.24, 2.45) is 11.3 Å². The molecule has 0 saturated heterocycles. The highest BCUT2D eigenvalue weighted by Gasteiger charge is 2.55. The Labute approximate surface area is 193 Å². The maximum atomic E-state index is 12.8. The summed E-state index contributed by atoms with van der Waals surface area (Å²) in [6.45, 7) is 3.57. The monoisotopic (exact) mass is 460 g/mol. The SMILES string of the molecule is CC(C)C(C(=O)O)(C(C#N)c1cccc(Oc2ccccc2)c1)C(C=C(Cl)Cl)N(C)C. The van der Waals surface area contributed by atoms with Crippen molar-refractivity contribution in [1.82, 2.24) is 4.90 Å². The van der Waals surface area contributed by atoms with Crippen molar-refractivity contribution < 1.29 is 14.6 Å². The van der Waals surface area contributed by atoms with Crippen molar-refractivity contribution in [3.05, 3.63) is 70.7 Å². The molecule has 31 heavy (non-hydrogen) atoms. The molecule has 2 aromatic rings. The summed E-state index contributed by atoms with van der Waals surface area (Å²) >= 11 is 11.9. The molecule has 3 atom stereocenters. The molecule has 0 aliphatic carbocycles. The van der Waals surface area contributed by atoms with Crippen molar-refractivity contribution >= 4 is 29.2 Å². The zero-order chi connectivity index (χ0) is 23.2. The molecule has 2 rings (SSSR count). The summed E-state index contributed by atoms with van der Waals surface area (Å²) in [6, 6.07) is 17.7. The maximum absolute atomic E-state index is 12.8. The molecule has 0 saturated carbocycles. The lowest BCUT2D eigenvalue weighted by molar-refractivity contribution is -0.156. The van der Waals surface area contributed by atoms with E-state index in [9.17, 15) is 15.2 Å². The van der Waals surface area contributed by atoms with Crippen LogP contribution in [0.2, 0.25) is 0 Å². The van der Waals surface area contributed by atoms with Gasteiger partial charge in [0.25, 0.3) is 0 Å². The molecule has 164 valence electrons. The Morgan fingerprint density at radius 2 is 1.74 bits per heavy atom. The summed E-state index contributed by atoms with van der Waals surface area (Å²) in [6.07, 6.45) is 1.48. The van der Waals surface area contributed by atoms with E-state index in [4.69, 9.17) is 27.9 Å². The lowest BCUT2D eigenvalue weighted by Gasteiger charge is -2.45. The molecule has 5 nitrogen and oxygen atoms in total. The average Bonchev–Trinajstić information content (AvgIpc) is 2.70. The van der Waals surface area contributed by atoms with Gasteiger partial charge in [-0.2, -0.15) is 5.26 Å². The predicted octanol–water partition coefficient (Wildman–Crippen LogP) is 6.06. The van der Waals surface area contributed by atoms with Crippen LogP contribution in [0.4, 0.5) is 0 Å². The summed E-state index contributed by atoms with van der Waals surface area (Å²) < 4.78 is 5.85. The number of carboxylic acids is 1. The lowest BCUT2D eigenvalue weighted by atomic mass is 9.61. The molecule has 0 aromatic heterocycles. The molecule has 2 aromatic carbocycles. The van der Waals surface area contributed by atoms with Crippen LogP contribution in [0.5, 0.6) is 11.5 Å². The normalized spacial score (nSPS) is 14.9. The summed E-state index contributed by atoms with van der Waals surface area (Å²) in [5.41, 5.74) is -0.989. The van der Waals surface area contributed by atoms with Crippen LogP contribution in [0.3, 0.4) is 0 Å². The smallest absolute Gasteiger partial charge is 0.313 e. The number of nitrogens with zero attached hydrogens (tertiary/aromatic N) is 2. The first kappa shape index (κ1) is 24.7. The van der Waals surface area contributed by atoms with Gasteiger partial charge in [0.1, 0.15) is 21.4 Å². The fourth-order valence-corrected chi connectivity index (χ4v) is 4.25. The van der Waals surface area contributed by atoms with Crippen molar-refractivity contribution in [2.45, 2.75) is 25.8 Å². The number of rotatable bonds is 9. The number of aliphatic carboxylic acids is 1. The minimum Gasteiger partial charge on any atom is -0.481 e. The molecule has 0 radical (unpaired) electrons. The highest BCUT2D eigenvalue weighted by molar-refractivity contribution is 6.55. The average molecular weight is 461 g/mol. The fourth-order valence-electron chi connectivity index (χ4n) is 4.02. The van der Waals surface area contributed by atoms with Crippen molar-refractivity contribution in [3.8, 4) is 17.6 Å². The third-order valence-corrected chi connectivity index (χ3v) is 5.68. The molecular weight excluding hydrogens is 435 g/mol. The first-order valence-corrected chi connectivity index (χ1v) is 10.5. The van der Waals surface area contributed by atoms with Gasteiger partial charge in [0.2, 0.25) is 0 Å². The summed E-state index contributed by atoms with van der Waals surface area (Å²) in [4.78, 5) is 14.5. The third-order valence-electron chi connectivity index (χ3n) is 5.43. The molecule has 0 heterocycles. The number of hydrogen-bond acceptors (Lipinski definition) is 4. The number of benzene rings is 2. The van der Waals surface area contributed by atoms with Crippen molar-refractivity contribution in [1.29, 1.82) is 5.26 Å². The van der Waals surface area contributed by atoms with E-state index in [1.54, 1.807) is 57.1 Å². The topological polar surface area (TPSA) is 73.6 Å². The van der Waals surface area contributed by atoms with E-state index in [-0.39, 0.29) is 4.49 Å². The van der Waals surface area contributed by atoms with Crippen LogP contribution in [-0.2, 0) is 4.79 Å². The second-order valence-corrected chi connectivity index (χ2v) is 8.82. The molecule has 7 heteroatoms. The Morgan fingerprint density at radius 1 is 1.13 bits per heavy atom. The van der Waals surface area contributed by atoms with Gasteiger partial charge in [-0.15, -0.1) is 0 Å². The molecule has 0 fully saturated rings. The standard InChI is InChI=1S/C24H26Cl2N2O3/c1-16(2)24(23(29)30,21(28(3)4)14-22(25)26)20(15-27)17-9-8-12-19(13-17)31-18-10-6-5-7-11-18/h5-14,16,20-21H,1-4H3,(H,29,30). The Balaban J connectivity index is 2.65. The second-order valence-electron chi connectivity index (χ2n) is 7.81. The van der Waals surface area contributed by atoms with Gasteiger partial charge in [-0.3, -0.25) is 4.79 Å². The van der Waals surface area contributed by atoms with E-state index < -0.39 is 29.3 Å². The van der Waals surface area contributed by atoms with E-state index >= 15 is 0 Å². The zero-order valence-corrected chi connectivity index (χ0v) is 19.4. The predicted molar refractivity (Wildman–Crippen MR) is 123 cm³/mol. The summed E-state index contributed by atoms with van der Waals surface area (Å²) in [5, 5.41) is 20.7. The van der Waals surface area contributed by atoms with Crippen LogP contribution < -0.4 is 4.74 Å². The van der Waals surface area contributed by atoms with Crippen molar-refractivity contribution in [3.63, 3.8) is 0 Å². The minimum absolute atomic E-state index is 0.0529. The van der Waals surface area contributed by atoms with Gasteiger partial charge in [0.05, 0.1) is 12.0 Å². The largest absolute Gasteiger partial charge is 0.481 e. The number of likely N-dealkylation sites (N-methyl/N-ethyl adjacent to an activating group) is 1. The lowest BCUT2D eigenvalue weighted by Crippen LogP contribution is -2.55. The van der Waals surface area contributed by atoms with E-state index in [1.165, 1.54) is 6.08 Å². The highest BCUT2D eigenvalue weighted by atomic mass is 35.5. The van der Waals surface area contributed by atoms with Gasteiger partial charge in [-0.1, -0.05) is 67.4 Å². The zero-order valence-electron chi connectivity index (χ0n) is 17.9. The van der Waals surface area contributed by atoms with Crippen molar-refractivity contribution in [2.75, 3.05) is 14.1 Å². The summed E-state index contributed by atoms with van der Waals surface area (Å²) in [7, 11) is 3.47. The van der Waals surface area contributed by atoms with Gasteiger partial charge < -0.3 is 14.7 Å². The molecule has 0 aliphatic rings. The molecule has 3 unspecified atom stereocenters. The quantitative estimate of drug-likeness (QED) is 0.491. The van der Waals surface area contributed by atoms with Crippen LogP contribution in [-0.4, -0.2) is 36.1 Å². The van der Waals surface area contributed by atoms with Gasteiger partial charge in [-0.25, -0.2) is 0 Å². The first-order valence-electron chi connectivity index (χ1n) is 9.79. The molecule has 0 bridgehead atoms. The highest BCUT2D eigenvalue weighted by Crippen LogP contribution is 2.48. The van der Waals surface area contributed by atoms with Gasteiger partial charge in [-0.05, 0) is 55.9 Å². The third kappa shape index (κ3) is 5.40. The van der Waals surface area contributed by atoms with E-state index in [2.05, 4.69) is 6.07 Å². The van der Waals surface area contributed by atoms with E-state index in [1.807, 2.05) is 30.3 Å². The number of ether oxygens (including phenoxy) is 1. The van der Waals surface area contributed by atoms with Crippen LogP contribution in [0.25, 0.3) is 0 Å². The maximum Gasteiger partial charge on any atom is 0.313 e. The van der Waals surface area contributed by atoms with Crippen LogP contribution in [0.15, 0.2) is 65.2 Å². The van der Waals surface area contributed by atoms with Gasteiger partial charge >= 0.3 is 5.97 Å². The second kappa shape index (κ2) is 10.7. The Kier molecular flexibility index (Phi) is 8.52.